The van der Waals surface area contributed by atoms with E-state index < -0.39 is 5.41 Å². The molecule has 0 saturated heterocycles. The van der Waals surface area contributed by atoms with Crippen LogP contribution in [0.2, 0.25) is 0 Å². The molecule has 0 fully saturated rings. The summed E-state index contributed by atoms with van der Waals surface area (Å²) in [6.07, 6.45) is 0. The maximum absolute atomic E-state index is 14.3. The number of hydrogen-bond donors (Lipinski definition) is 0. The van der Waals surface area contributed by atoms with Crippen LogP contribution in [-0.2, 0) is 5.41 Å². The fourth-order valence-corrected chi connectivity index (χ4v) is 13.8. The van der Waals surface area contributed by atoms with Gasteiger partial charge in [0.05, 0.1) is 33.2 Å². The normalized spacial score (nSPS) is 13.6. The number of aromatic nitrogens is 2. The highest BCUT2D eigenvalue weighted by molar-refractivity contribution is 7.25. The van der Waals surface area contributed by atoms with Gasteiger partial charge < -0.3 is 4.57 Å². The van der Waals surface area contributed by atoms with E-state index in [0.29, 0.717) is 0 Å². The number of benzene rings is 10. The van der Waals surface area contributed by atoms with Gasteiger partial charge in [-0.25, -0.2) is 0 Å². The molecule has 0 radical (unpaired) electrons. The van der Waals surface area contributed by atoms with Crippen molar-refractivity contribution in [2.24, 2.45) is 0 Å². The van der Waals surface area contributed by atoms with Crippen LogP contribution in [0.15, 0.2) is 211 Å². The number of para-hydroxylation sites is 2. The first kappa shape index (κ1) is 35.1. The summed E-state index contributed by atoms with van der Waals surface area (Å²) in [5, 5.41) is 9.92. The van der Waals surface area contributed by atoms with Crippen molar-refractivity contribution in [3.63, 3.8) is 0 Å². The summed E-state index contributed by atoms with van der Waals surface area (Å²) in [7, 11) is 0. The van der Waals surface area contributed by atoms with Crippen LogP contribution in [0.1, 0.15) is 22.3 Å². The van der Waals surface area contributed by atoms with Gasteiger partial charge in [-0.15, -0.1) is 11.3 Å². The molecule has 2 aliphatic carbocycles. The lowest BCUT2D eigenvalue weighted by Gasteiger charge is -2.30. The van der Waals surface area contributed by atoms with E-state index in [1.165, 1.54) is 86.5 Å². The quantitative estimate of drug-likeness (QED) is 0.159. The van der Waals surface area contributed by atoms with E-state index in [2.05, 4.69) is 193 Å². The summed E-state index contributed by atoms with van der Waals surface area (Å²) >= 11 is 1.86. The summed E-state index contributed by atoms with van der Waals surface area (Å²) in [4.78, 5) is 14.3. The average molecular weight is 855 g/mol. The minimum Gasteiger partial charge on any atom is -0.309 e. The van der Waals surface area contributed by atoms with E-state index in [4.69, 9.17) is 0 Å². The zero-order valence-electron chi connectivity index (χ0n) is 35.3. The first-order valence-electron chi connectivity index (χ1n) is 22.7. The van der Waals surface area contributed by atoms with Crippen molar-refractivity contribution in [2.75, 3.05) is 0 Å². The molecular weight excluding hydrogens is 821 g/mol. The van der Waals surface area contributed by atoms with E-state index in [-0.39, 0.29) is 5.56 Å². The topological polar surface area (TPSA) is 26.4 Å². The maximum atomic E-state index is 14.3. The van der Waals surface area contributed by atoms with Crippen molar-refractivity contribution in [1.29, 1.82) is 0 Å². The van der Waals surface area contributed by atoms with Gasteiger partial charge in [0.1, 0.15) is 0 Å². The second-order valence-corrected chi connectivity index (χ2v) is 19.3. The number of hydrogen-bond acceptors (Lipinski definition) is 2. The number of fused-ring (bicyclic) bond motifs is 21. The fourth-order valence-electron chi connectivity index (χ4n) is 12.7. The Hall–Kier alpha value is -8.31. The van der Waals surface area contributed by atoms with E-state index in [1.807, 2.05) is 33.9 Å². The zero-order chi connectivity index (χ0) is 43.0. The summed E-state index contributed by atoms with van der Waals surface area (Å²) in [6.45, 7) is 0. The van der Waals surface area contributed by atoms with Gasteiger partial charge in [0.25, 0.3) is 5.56 Å². The number of rotatable bonds is 2. The molecule has 10 aromatic carbocycles. The molecule has 4 heteroatoms. The highest BCUT2D eigenvalue weighted by Gasteiger charge is 2.51. The molecule has 0 saturated carbocycles. The largest absolute Gasteiger partial charge is 0.309 e. The molecule has 1 spiro atoms. The Labute approximate surface area is 381 Å². The molecule has 0 aliphatic heterocycles. The predicted molar refractivity (Wildman–Crippen MR) is 276 cm³/mol. The molecule has 304 valence electrons. The van der Waals surface area contributed by atoms with Crippen LogP contribution >= 0.6 is 11.3 Å². The third-order valence-corrected chi connectivity index (χ3v) is 16.4. The van der Waals surface area contributed by atoms with Crippen molar-refractivity contribution >= 4 is 91.3 Å². The molecule has 0 unspecified atom stereocenters. The molecule has 66 heavy (non-hydrogen) atoms. The monoisotopic (exact) mass is 854 g/mol. The first-order chi connectivity index (χ1) is 32.7. The molecule has 16 rings (SSSR count). The molecule has 4 aromatic heterocycles. The summed E-state index contributed by atoms with van der Waals surface area (Å²) in [5.74, 6) is 0. The standard InChI is InChI=1S/C62H34N2OS/c65-61-43-22-2-1-15-36(43)48-29-35(30-49-41-20-7-13-27-55(41)64(61)60(48)49)44-31-47-42-21-8-14-28-58(42)66-59(47)34-57(44)63-54-26-12-6-19-40(54)46-32-53-45(33-56(46)63)39-18-5-11-25-52(39)62(53)50-23-9-3-16-37(50)38-17-4-10-24-51(38)62/h1-34H. The molecule has 2 aliphatic rings. The summed E-state index contributed by atoms with van der Waals surface area (Å²) in [5.41, 5.74) is 17.8. The van der Waals surface area contributed by atoms with Gasteiger partial charge in [0, 0.05) is 58.1 Å². The van der Waals surface area contributed by atoms with Crippen molar-refractivity contribution < 1.29 is 0 Å². The summed E-state index contributed by atoms with van der Waals surface area (Å²) in [6, 6.07) is 76.1. The second kappa shape index (κ2) is 12.3. The molecular formula is C62H34N2OS. The molecule has 0 bridgehead atoms. The smallest absolute Gasteiger partial charge is 0.263 e. The SMILES string of the molecule is O=c1c2ccccc2c2cc(-c3cc4c(cc3-n3c5ccccc5c5cc6c(cc53)-c3ccccc3C63c5ccccc5-c5ccccc53)sc3ccccc34)cc3c4ccccc4n1c23. The lowest BCUT2D eigenvalue weighted by atomic mass is 9.70. The number of thiophene rings is 1. The van der Waals surface area contributed by atoms with Crippen LogP contribution in [-0.4, -0.2) is 8.97 Å². The maximum Gasteiger partial charge on any atom is 0.263 e. The minimum absolute atomic E-state index is 0.0228. The van der Waals surface area contributed by atoms with Gasteiger partial charge in [-0.2, -0.15) is 0 Å². The Bertz CT molecular complexity index is 4520. The van der Waals surface area contributed by atoms with Crippen molar-refractivity contribution in [2.45, 2.75) is 5.41 Å². The zero-order valence-corrected chi connectivity index (χ0v) is 36.2. The minimum atomic E-state index is -0.439. The molecule has 0 atom stereocenters. The molecule has 14 aromatic rings. The number of nitrogens with zero attached hydrogens (tertiary/aromatic N) is 2. The van der Waals surface area contributed by atoms with Crippen LogP contribution < -0.4 is 5.56 Å². The Balaban J connectivity index is 1.06. The third-order valence-electron chi connectivity index (χ3n) is 15.3. The van der Waals surface area contributed by atoms with E-state index >= 15 is 0 Å². The first-order valence-corrected chi connectivity index (χ1v) is 23.5. The predicted octanol–water partition coefficient (Wildman–Crippen LogP) is 15.7. The average Bonchev–Trinajstić information content (AvgIpc) is 4.15. The second-order valence-electron chi connectivity index (χ2n) is 18.2. The van der Waals surface area contributed by atoms with Crippen LogP contribution in [0.25, 0.3) is 119 Å². The van der Waals surface area contributed by atoms with Gasteiger partial charge in [-0.05, 0) is 116 Å². The van der Waals surface area contributed by atoms with Crippen LogP contribution in [0, 0.1) is 0 Å². The highest BCUT2D eigenvalue weighted by Crippen LogP contribution is 2.63. The van der Waals surface area contributed by atoms with Gasteiger partial charge in [-0.1, -0.05) is 146 Å². The van der Waals surface area contributed by atoms with Crippen LogP contribution in [0.4, 0.5) is 0 Å². The van der Waals surface area contributed by atoms with Gasteiger partial charge in [-0.3, -0.25) is 9.20 Å². The molecule has 4 heterocycles. The Morgan fingerprint density at radius 1 is 0.348 bits per heavy atom. The molecule has 0 N–H and O–H groups in total. The number of pyridine rings is 1. The third kappa shape index (κ3) is 4.14. The molecule has 3 nitrogen and oxygen atoms in total. The van der Waals surface area contributed by atoms with E-state index in [9.17, 15) is 4.79 Å². The van der Waals surface area contributed by atoms with Crippen molar-refractivity contribution in [3.8, 4) is 39.1 Å². The highest BCUT2D eigenvalue weighted by atomic mass is 32.1. The van der Waals surface area contributed by atoms with E-state index in [1.54, 1.807) is 0 Å². The van der Waals surface area contributed by atoms with Crippen molar-refractivity contribution in [3.05, 3.63) is 239 Å². The lowest BCUT2D eigenvalue weighted by molar-refractivity contribution is 0.795. The molecule has 0 amide bonds. The lowest BCUT2D eigenvalue weighted by Crippen LogP contribution is -2.25. The van der Waals surface area contributed by atoms with Crippen LogP contribution in [0.5, 0.6) is 0 Å². The van der Waals surface area contributed by atoms with Crippen LogP contribution in [0.3, 0.4) is 0 Å². The van der Waals surface area contributed by atoms with E-state index in [0.717, 1.165) is 54.8 Å². The van der Waals surface area contributed by atoms with Crippen molar-refractivity contribution in [1.82, 2.24) is 8.97 Å². The Morgan fingerprint density at radius 2 is 0.894 bits per heavy atom. The van der Waals surface area contributed by atoms with Gasteiger partial charge in [0.2, 0.25) is 0 Å². The Morgan fingerprint density at radius 3 is 1.61 bits per heavy atom. The van der Waals surface area contributed by atoms with Gasteiger partial charge >= 0.3 is 0 Å². The Kier molecular flexibility index (Phi) is 6.52. The fraction of sp³-hybridized carbons (Fsp3) is 0.0161. The summed E-state index contributed by atoms with van der Waals surface area (Å²) < 4.78 is 7.02. The van der Waals surface area contributed by atoms with Gasteiger partial charge in [0.15, 0.2) is 0 Å².